The lowest BCUT2D eigenvalue weighted by molar-refractivity contribution is -0.870. The van der Waals surface area contributed by atoms with Crippen LogP contribution in [0.15, 0.2) is 194 Å². The monoisotopic (exact) mass is 1260 g/mol. The summed E-state index contributed by atoms with van der Waals surface area (Å²) in [7, 11) is 1.43. The first-order valence-electron chi connectivity index (χ1n) is 35.2. The van der Waals surface area contributed by atoms with Crippen molar-refractivity contribution in [1.29, 1.82) is 0 Å². The van der Waals surface area contributed by atoms with Crippen LogP contribution in [0.4, 0.5) is 0 Å². The Morgan fingerprint density at radius 3 is 0.889 bits per heavy atom. The molecule has 0 aliphatic heterocycles. The van der Waals surface area contributed by atoms with E-state index in [-0.39, 0.29) is 26.1 Å². The molecule has 506 valence electrons. The van der Waals surface area contributed by atoms with Crippen molar-refractivity contribution in [2.75, 3.05) is 47.5 Å². The van der Waals surface area contributed by atoms with E-state index in [4.69, 9.17) is 18.5 Å². The average Bonchev–Trinajstić information content (AvgIpc) is 3.58. The molecule has 2 unspecified atom stereocenters. The third-order valence-electron chi connectivity index (χ3n) is 14.1. The van der Waals surface area contributed by atoms with Gasteiger partial charge in [-0.3, -0.25) is 18.6 Å². The van der Waals surface area contributed by atoms with Crippen molar-refractivity contribution >= 4 is 19.8 Å². The van der Waals surface area contributed by atoms with E-state index < -0.39 is 32.5 Å². The smallest absolute Gasteiger partial charge is 0.462 e. The minimum atomic E-state index is -4.41. The number of carbonyl (C=O) groups is 2. The third-order valence-corrected chi connectivity index (χ3v) is 15.1. The summed E-state index contributed by atoms with van der Waals surface area (Å²) in [5, 5.41) is 0. The summed E-state index contributed by atoms with van der Waals surface area (Å²) in [6.45, 7) is 4.15. The Bertz CT molecular complexity index is 2220. The van der Waals surface area contributed by atoms with E-state index in [0.717, 1.165) is 154 Å². The lowest BCUT2D eigenvalue weighted by Crippen LogP contribution is -2.37. The van der Waals surface area contributed by atoms with Crippen LogP contribution in [0.2, 0.25) is 0 Å². The van der Waals surface area contributed by atoms with E-state index in [2.05, 4.69) is 208 Å². The molecule has 0 saturated heterocycles. The average molecular weight is 1260 g/mol. The molecule has 0 aliphatic carbocycles. The SMILES string of the molecule is CC/C=C\C/C=C\C/C=C\C/C=C\C/C=C\C/C=C\C/C=C\C/C=C\CCCCCCCCCCCCCCC(=O)OC(COC(=O)CCCCCC/C=C\C/C=C\C/C=C\C/C=C\C/C=C\C/C=C\C/C=C\C/C=C\CC)COP(=O)(O)OCC[N+](C)(C)C. The Labute approximate surface area is 552 Å². The van der Waals surface area contributed by atoms with Crippen molar-refractivity contribution in [1.82, 2.24) is 0 Å². The van der Waals surface area contributed by atoms with Gasteiger partial charge in [-0.05, 0) is 141 Å². The molecule has 0 aromatic heterocycles. The number of phosphoric ester groups is 1. The number of rotatable bonds is 62. The zero-order chi connectivity index (χ0) is 65.5. The van der Waals surface area contributed by atoms with Gasteiger partial charge in [0.05, 0.1) is 27.7 Å². The maximum Gasteiger partial charge on any atom is 0.472 e. The van der Waals surface area contributed by atoms with Crippen molar-refractivity contribution in [2.45, 2.75) is 251 Å². The van der Waals surface area contributed by atoms with E-state index in [1.165, 1.54) is 51.4 Å². The molecule has 0 aromatic rings. The fourth-order valence-electron chi connectivity index (χ4n) is 8.81. The Morgan fingerprint density at radius 1 is 0.344 bits per heavy atom. The summed E-state index contributed by atoms with van der Waals surface area (Å²) in [6, 6.07) is 0. The quantitative estimate of drug-likeness (QED) is 0.0211. The van der Waals surface area contributed by atoms with E-state index in [1.54, 1.807) is 0 Å². The molecule has 0 aromatic carbocycles. The van der Waals surface area contributed by atoms with Crippen molar-refractivity contribution in [3.63, 3.8) is 0 Å². The molecule has 2 atom stereocenters. The fraction of sp³-hybridized carbons (Fsp3) is 0.575. The molecule has 0 bridgehead atoms. The number of allylic oxidation sites excluding steroid dienone is 32. The Morgan fingerprint density at radius 2 is 0.600 bits per heavy atom. The van der Waals surface area contributed by atoms with Crippen LogP contribution in [0.3, 0.4) is 0 Å². The number of quaternary nitrogens is 1. The first-order valence-corrected chi connectivity index (χ1v) is 36.7. The van der Waals surface area contributed by atoms with Gasteiger partial charge >= 0.3 is 19.8 Å². The summed E-state index contributed by atoms with van der Waals surface area (Å²) in [4.78, 5) is 35.9. The minimum Gasteiger partial charge on any atom is -0.462 e. The molecule has 0 saturated carbocycles. The van der Waals surface area contributed by atoms with Crippen LogP contribution in [0.5, 0.6) is 0 Å². The zero-order valence-corrected chi connectivity index (χ0v) is 58.4. The maximum absolute atomic E-state index is 12.9. The number of hydrogen-bond acceptors (Lipinski definition) is 7. The van der Waals surface area contributed by atoms with Gasteiger partial charge in [0.15, 0.2) is 6.10 Å². The largest absolute Gasteiger partial charge is 0.472 e. The summed E-state index contributed by atoms with van der Waals surface area (Å²) in [5.74, 6) is -0.842. The molecule has 0 fully saturated rings. The summed E-state index contributed by atoms with van der Waals surface area (Å²) in [5.41, 5.74) is 0. The lowest BCUT2D eigenvalue weighted by atomic mass is 10.0. The van der Waals surface area contributed by atoms with Crippen LogP contribution >= 0.6 is 7.82 Å². The zero-order valence-electron chi connectivity index (χ0n) is 57.5. The molecule has 0 radical (unpaired) electrons. The first-order chi connectivity index (χ1) is 44.0. The van der Waals surface area contributed by atoms with Crippen LogP contribution in [0.1, 0.15) is 245 Å². The van der Waals surface area contributed by atoms with Gasteiger partial charge in [-0.1, -0.05) is 285 Å². The van der Waals surface area contributed by atoms with E-state index in [0.29, 0.717) is 23.9 Å². The number of phosphoric acid groups is 1. The Balaban J connectivity index is 4.17. The molecule has 0 amide bonds. The molecule has 0 aliphatic rings. The standard InChI is InChI=1S/C80H128NO8P/c1-6-8-10-12-14-16-18-20-22-24-26-28-30-32-34-36-37-38-39-40-41-42-43-45-47-49-51-53-55-57-59-61-63-65-67-69-71-73-80(83)89-78(77-88-90(84,85)87-75-74-81(3,4)5)76-86-79(82)72-70-68-66-64-62-60-58-56-54-52-50-48-46-44-35-33-31-29-27-25-23-21-19-17-15-13-11-9-7-2/h8-11,14-17,20-23,26-29,32-35,37-38,40-41,43,45-46,48,52,54,58,60,78H,6-7,12-13,18-19,24-25,30-31,36,39,42,44,47,49-51,53,55-57,59,61-77H2,1-5H3/p+1/b10-8-,11-9-,16-14-,17-15-,22-20-,23-21-,28-26-,29-27-,34-32-,35-33-,38-37-,41-40-,45-43-,48-46-,54-52-,60-58-. The molecule has 10 heteroatoms. The predicted molar refractivity (Wildman–Crippen MR) is 389 cm³/mol. The predicted octanol–water partition coefficient (Wildman–Crippen LogP) is 23.3. The number of hydrogen-bond donors (Lipinski definition) is 1. The molecular formula is C80H129NO8P+. The maximum atomic E-state index is 12.9. The number of unbranched alkanes of at least 4 members (excludes halogenated alkanes) is 16. The molecule has 9 nitrogen and oxygen atoms in total. The second kappa shape index (κ2) is 68.2. The van der Waals surface area contributed by atoms with Gasteiger partial charge in [0.1, 0.15) is 19.8 Å². The number of nitrogens with zero attached hydrogens (tertiary/aromatic N) is 1. The van der Waals surface area contributed by atoms with Gasteiger partial charge in [-0.25, -0.2) is 4.57 Å². The van der Waals surface area contributed by atoms with Gasteiger partial charge in [0.25, 0.3) is 0 Å². The third kappa shape index (κ3) is 71.9. The van der Waals surface area contributed by atoms with E-state index in [1.807, 2.05) is 21.1 Å². The van der Waals surface area contributed by atoms with Crippen LogP contribution < -0.4 is 0 Å². The molecule has 1 N–H and O–H groups in total. The van der Waals surface area contributed by atoms with E-state index in [9.17, 15) is 19.0 Å². The molecule has 90 heavy (non-hydrogen) atoms. The molecule has 0 rings (SSSR count). The fourth-order valence-corrected chi connectivity index (χ4v) is 9.55. The second-order valence-corrected chi connectivity index (χ2v) is 25.3. The summed E-state index contributed by atoms with van der Waals surface area (Å²) >= 11 is 0. The highest BCUT2D eigenvalue weighted by Gasteiger charge is 2.27. The van der Waals surface area contributed by atoms with Crippen molar-refractivity contribution < 1.29 is 42.1 Å². The highest BCUT2D eigenvalue weighted by atomic mass is 31.2. The van der Waals surface area contributed by atoms with Gasteiger partial charge in [-0.2, -0.15) is 0 Å². The molecule has 0 spiro atoms. The van der Waals surface area contributed by atoms with Crippen molar-refractivity contribution in [3.8, 4) is 0 Å². The van der Waals surface area contributed by atoms with Crippen molar-refractivity contribution in [2.24, 2.45) is 0 Å². The second-order valence-electron chi connectivity index (χ2n) is 23.8. The van der Waals surface area contributed by atoms with Crippen LogP contribution in [-0.2, 0) is 32.7 Å². The van der Waals surface area contributed by atoms with Gasteiger partial charge in [0.2, 0.25) is 0 Å². The summed E-state index contributed by atoms with van der Waals surface area (Å²) < 4.78 is 34.7. The number of carbonyl (C=O) groups excluding carboxylic acids is 2. The minimum absolute atomic E-state index is 0.0164. The van der Waals surface area contributed by atoms with E-state index >= 15 is 0 Å². The number of esters is 2. The molecular weight excluding hydrogens is 1130 g/mol. The first kappa shape index (κ1) is 84.8. The summed E-state index contributed by atoms with van der Waals surface area (Å²) in [6.07, 6.45) is 107. The van der Waals surface area contributed by atoms with Crippen LogP contribution in [0.25, 0.3) is 0 Å². The van der Waals surface area contributed by atoms with Gasteiger partial charge < -0.3 is 18.9 Å². The van der Waals surface area contributed by atoms with Crippen LogP contribution in [0, 0.1) is 0 Å². The van der Waals surface area contributed by atoms with Crippen LogP contribution in [-0.4, -0.2) is 74.9 Å². The highest BCUT2D eigenvalue weighted by Crippen LogP contribution is 2.43. The topological polar surface area (TPSA) is 108 Å². The van der Waals surface area contributed by atoms with Crippen molar-refractivity contribution in [3.05, 3.63) is 194 Å². The van der Waals surface area contributed by atoms with Gasteiger partial charge in [0, 0.05) is 12.8 Å². The Hall–Kier alpha value is -5.15. The Kier molecular flexibility index (Phi) is 64.3. The number of ether oxygens (including phenoxy) is 2. The highest BCUT2D eigenvalue weighted by molar-refractivity contribution is 7.47. The number of likely N-dealkylation sites (N-methyl/N-ethyl adjacent to an activating group) is 1. The van der Waals surface area contributed by atoms with Gasteiger partial charge in [-0.15, -0.1) is 0 Å². The molecule has 0 heterocycles. The lowest BCUT2D eigenvalue weighted by Gasteiger charge is -2.24. The normalized spacial score (nSPS) is 14.3.